The van der Waals surface area contributed by atoms with Crippen molar-refractivity contribution in [1.82, 2.24) is 5.48 Å². The van der Waals surface area contributed by atoms with E-state index >= 15 is 0 Å². The molecule has 2 aliphatic rings. The van der Waals surface area contributed by atoms with E-state index in [9.17, 15) is 18.0 Å². The van der Waals surface area contributed by atoms with Gasteiger partial charge >= 0.3 is 6.18 Å². The minimum Gasteiger partial charge on any atom is -0.379 e. The minimum atomic E-state index is -4.89. The number of alkyl halides is 3. The summed E-state index contributed by atoms with van der Waals surface area (Å²) in [6.45, 7) is 0. The lowest BCUT2D eigenvalue weighted by Crippen LogP contribution is -2.57. The molecule has 1 fully saturated rings. The zero-order chi connectivity index (χ0) is 15.3. The van der Waals surface area contributed by atoms with Gasteiger partial charge in [0.2, 0.25) is 5.41 Å². The van der Waals surface area contributed by atoms with Crippen molar-refractivity contribution < 1.29 is 22.8 Å². The van der Waals surface area contributed by atoms with Crippen LogP contribution in [0.4, 0.5) is 13.2 Å². The summed E-state index contributed by atoms with van der Waals surface area (Å²) >= 11 is 5.77. The van der Waals surface area contributed by atoms with Crippen LogP contribution in [0.5, 0.6) is 5.75 Å². The van der Waals surface area contributed by atoms with E-state index in [1.807, 2.05) is 0 Å². The Morgan fingerprint density at radius 3 is 2.71 bits per heavy atom. The second-order valence-electron chi connectivity index (χ2n) is 4.97. The van der Waals surface area contributed by atoms with Crippen LogP contribution < -0.4 is 10.3 Å². The predicted molar refractivity (Wildman–Crippen MR) is 68.5 cm³/mol. The van der Waals surface area contributed by atoms with Crippen LogP contribution in [0, 0.1) is 17.8 Å². The van der Waals surface area contributed by atoms with E-state index in [1.54, 1.807) is 5.48 Å². The molecule has 1 aromatic rings. The van der Waals surface area contributed by atoms with Crippen molar-refractivity contribution >= 4 is 17.5 Å². The molecule has 3 rings (SSSR count). The first-order chi connectivity index (χ1) is 9.84. The molecule has 21 heavy (non-hydrogen) atoms. The van der Waals surface area contributed by atoms with E-state index in [-0.39, 0.29) is 22.3 Å². The predicted octanol–water partition coefficient (Wildman–Crippen LogP) is 2.98. The Morgan fingerprint density at radius 2 is 2.10 bits per heavy atom. The average molecular weight is 316 g/mol. The molecule has 1 atom stereocenters. The fraction of sp³-hybridized carbons (Fsp3) is 0.357. The Balaban J connectivity index is 2.25. The SMILES string of the molecule is O=C1NOc2ccc(Cl)cc2C1(C#CC1CC1)C(F)(F)F. The molecule has 1 amide bonds. The molecule has 1 unspecified atom stereocenters. The Kier molecular flexibility index (Phi) is 3.06. The minimum absolute atomic E-state index is 0.0777. The second kappa shape index (κ2) is 4.57. The molecule has 1 aliphatic heterocycles. The van der Waals surface area contributed by atoms with Crippen molar-refractivity contribution in [2.24, 2.45) is 5.92 Å². The van der Waals surface area contributed by atoms with Crippen LogP contribution in [0.3, 0.4) is 0 Å². The van der Waals surface area contributed by atoms with Gasteiger partial charge in [0.05, 0.1) is 0 Å². The summed E-state index contributed by atoms with van der Waals surface area (Å²) in [5.74, 6) is 3.14. The number of amides is 1. The number of nitrogens with one attached hydrogen (secondary N) is 1. The molecule has 0 aromatic heterocycles. The van der Waals surface area contributed by atoms with Crippen LogP contribution in [-0.4, -0.2) is 12.1 Å². The molecule has 110 valence electrons. The van der Waals surface area contributed by atoms with Gasteiger partial charge in [-0.15, -0.1) is 0 Å². The molecule has 1 N–H and O–H groups in total. The fourth-order valence-electron chi connectivity index (χ4n) is 2.10. The first-order valence-electron chi connectivity index (χ1n) is 6.21. The average Bonchev–Trinajstić information content (AvgIpc) is 3.20. The van der Waals surface area contributed by atoms with Crippen LogP contribution in [-0.2, 0) is 10.2 Å². The van der Waals surface area contributed by atoms with Gasteiger partial charge in [0.1, 0.15) is 0 Å². The van der Waals surface area contributed by atoms with Gasteiger partial charge in [-0.25, -0.2) is 0 Å². The van der Waals surface area contributed by atoms with Gasteiger partial charge in [0.15, 0.2) is 5.75 Å². The summed E-state index contributed by atoms with van der Waals surface area (Å²) in [5, 5.41) is 0.0777. The third-order valence-corrected chi connectivity index (χ3v) is 3.64. The van der Waals surface area contributed by atoms with Crippen LogP contribution in [0.1, 0.15) is 18.4 Å². The number of fused-ring (bicyclic) bond motifs is 1. The van der Waals surface area contributed by atoms with Crippen molar-refractivity contribution in [1.29, 1.82) is 0 Å². The van der Waals surface area contributed by atoms with Crippen molar-refractivity contribution in [2.45, 2.75) is 24.4 Å². The molecule has 7 heteroatoms. The number of halogens is 4. The van der Waals surface area contributed by atoms with Gasteiger partial charge in [-0.3, -0.25) is 4.79 Å². The zero-order valence-electron chi connectivity index (χ0n) is 10.6. The second-order valence-corrected chi connectivity index (χ2v) is 5.40. The number of benzene rings is 1. The molecule has 0 saturated heterocycles. The lowest BCUT2D eigenvalue weighted by Gasteiger charge is -2.34. The van der Waals surface area contributed by atoms with Crippen molar-refractivity contribution in [3.8, 4) is 17.6 Å². The number of carbonyl (C=O) groups is 1. The first kappa shape index (κ1) is 14.1. The number of carbonyl (C=O) groups excluding carboxylic acids is 1. The van der Waals surface area contributed by atoms with E-state index in [1.165, 1.54) is 12.1 Å². The smallest absolute Gasteiger partial charge is 0.379 e. The van der Waals surface area contributed by atoms with E-state index in [4.69, 9.17) is 16.4 Å². The highest BCUT2D eigenvalue weighted by Gasteiger charge is 2.64. The zero-order valence-corrected chi connectivity index (χ0v) is 11.3. The van der Waals surface area contributed by atoms with Gasteiger partial charge in [-0.2, -0.15) is 18.7 Å². The Labute approximate surface area is 123 Å². The van der Waals surface area contributed by atoms with Crippen LogP contribution in [0.15, 0.2) is 18.2 Å². The quantitative estimate of drug-likeness (QED) is 0.748. The summed E-state index contributed by atoms with van der Waals surface area (Å²) in [6.07, 6.45) is -3.38. The van der Waals surface area contributed by atoms with Crippen molar-refractivity contribution in [3.63, 3.8) is 0 Å². The van der Waals surface area contributed by atoms with Crippen LogP contribution >= 0.6 is 11.6 Å². The summed E-state index contributed by atoms with van der Waals surface area (Å²) in [4.78, 5) is 16.8. The molecule has 1 aliphatic carbocycles. The molecular formula is C14H9ClF3NO2. The molecule has 3 nitrogen and oxygen atoms in total. The lowest BCUT2D eigenvalue weighted by molar-refractivity contribution is -0.189. The van der Waals surface area contributed by atoms with Crippen molar-refractivity contribution in [3.05, 3.63) is 28.8 Å². The first-order valence-corrected chi connectivity index (χ1v) is 6.59. The molecular weight excluding hydrogens is 307 g/mol. The maximum absolute atomic E-state index is 13.7. The normalized spacial score (nSPS) is 24.3. The van der Waals surface area contributed by atoms with Gasteiger partial charge in [0.25, 0.3) is 5.91 Å². The van der Waals surface area contributed by atoms with Gasteiger partial charge in [-0.1, -0.05) is 23.4 Å². The molecule has 0 radical (unpaired) electrons. The molecule has 1 aromatic carbocycles. The topological polar surface area (TPSA) is 38.3 Å². The highest BCUT2D eigenvalue weighted by Crippen LogP contribution is 2.47. The maximum Gasteiger partial charge on any atom is 0.418 e. The van der Waals surface area contributed by atoms with E-state index in [2.05, 4.69) is 11.8 Å². The molecule has 1 saturated carbocycles. The summed E-state index contributed by atoms with van der Waals surface area (Å²) in [6, 6.07) is 3.73. The largest absolute Gasteiger partial charge is 0.418 e. The Hall–Kier alpha value is -1.87. The monoisotopic (exact) mass is 315 g/mol. The highest BCUT2D eigenvalue weighted by molar-refractivity contribution is 6.30. The third-order valence-electron chi connectivity index (χ3n) is 3.41. The highest BCUT2D eigenvalue weighted by atomic mass is 35.5. The Morgan fingerprint density at radius 1 is 1.38 bits per heavy atom. The van der Waals surface area contributed by atoms with E-state index < -0.39 is 17.5 Å². The van der Waals surface area contributed by atoms with Gasteiger partial charge in [-0.05, 0) is 31.0 Å². The van der Waals surface area contributed by atoms with Crippen LogP contribution in [0.2, 0.25) is 5.02 Å². The molecule has 1 heterocycles. The van der Waals surface area contributed by atoms with Gasteiger partial charge in [0, 0.05) is 16.5 Å². The standard InChI is InChI=1S/C14H9ClF3NO2/c15-9-3-4-11-10(7-9)13(14(16,17)18,12(20)19-21-11)6-5-8-1-2-8/h3-4,7-8H,1-2H2,(H,19,20). The molecule has 0 spiro atoms. The lowest BCUT2D eigenvalue weighted by atomic mass is 9.78. The fourth-order valence-corrected chi connectivity index (χ4v) is 2.27. The maximum atomic E-state index is 13.7. The number of rotatable bonds is 0. The number of hydrogen-bond acceptors (Lipinski definition) is 2. The van der Waals surface area contributed by atoms with E-state index in [0.29, 0.717) is 0 Å². The summed E-state index contributed by atoms with van der Waals surface area (Å²) < 4.78 is 41.0. The van der Waals surface area contributed by atoms with E-state index in [0.717, 1.165) is 18.9 Å². The number of hydroxylamine groups is 1. The number of hydrogen-bond donors (Lipinski definition) is 1. The van der Waals surface area contributed by atoms with Gasteiger partial charge < -0.3 is 4.84 Å². The van der Waals surface area contributed by atoms with Crippen molar-refractivity contribution in [2.75, 3.05) is 0 Å². The van der Waals surface area contributed by atoms with Crippen LogP contribution in [0.25, 0.3) is 0 Å². The molecule has 0 bridgehead atoms. The Bertz CT molecular complexity index is 673. The summed E-state index contributed by atoms with van der Waals surface area (Å²) in [7, 11) is 0. The summed E-state index contributed by atoms with van der Waals surface area (Å²) in [5.41, 5.74) is -1.53. The third kappa shape index (κ3) is 2.22.